The van der Waals surface area contributed by atoms with Gasteiger partial charge >= 0.3 is 0 Å². The molecule has 0 aliphatic carbocycles. The number of aromatic nitrogens is 6. The lowest BCUT2D eigenvalue weighted by molar-refractivity contribution is 0.937. The smallest absolute Gasteiger partial charge is 0.191 e. The van der Waals surface area contributed by atoms with Crippen LogP contribution in [0.2, 0.25) is 0 Å². The number of nitrogens with one attached hydrogen (secondary N) is 2. The van der Waals surface area contributed by atoms with Crippen LogP contribution in [0.1, 0.15) is 17.1 Å². The molecular formula is C18H17N7S. The molecule has 26 heavy (non-hydrogen) atoms. The minimum atomic E-state index is 0.497. The van der Waals surface area contributed by atoms with Crippen LogP contribution in [0.3, 0.4) is 0 Å². The largest absolute Gasteiger partial charge is 0.362 e. The maximum Gasteiger partial charge on any atom is 0.191 e. The number of hydrogen-bond donors (Lipinski definition) is 2. The van der Waals surface area contributed by atoms with E-state index in [1.54, 1.807) is 17.5 Å². The lowest BCUT2D eigenvalue weighted by atomic mass is 10.2. The predicted molar refractivity (Wildman–Crippen MR) is 102 cm³/mol. The van der Waals surface area contributed by atoms with Crippen LogP contribution in [0.5, 0.6) is 0 Å². The van der Waals surface area contributed by atoms with Crippen LogP contribution in [0, 0.1) is 13.8 Å². The SMILES string of the molecule is Cc1nc(-c2ccccn2)nc(NCc2nc(-c3cccs3)n[nH]2)c1C. The first-order valence-corrected chi connectivity index (χ1v) is 9.04. The quantitative estimate of drug-likeness (QED) is 0.563. The number of aryl methyl sites for hydroxylation is 1. The topological polar surface area (TPSA) is 92.3 Å². The summed E-state index contributed by atoms with van der Waals surface area (Å²) in [6, 6.07) is 9.69. The second kappa shape index (κ2) is 7.01. The lowest BCUT2D eigenvalue weighted by Gasteiger charge is -2.11. The fraction of sp³-hybridized carbons (Fsp3) is 0.167. The third-order valence-corrected chi connectivity index (χ3v) is 4.85. The molecule has 2 N–H and O–H groups in total. The normalized spacial score (nSPS) is 10.8. The molecule has 7 nitrogen and oxygen atoms in total. The first kappa shape index (κ1) is 16.3. The summed E-state index contributed by atoms with van der Waals surface area (Å²) in [7, 11) is 0. The summed E-state index contributed by atoms with van der Waals surface area (Å²) in [4.78, 5) is 19.1. The van der Waals surface area contributed by atoms with Gasteiger partial charge in [0.2, 0.25) is 0 Å². The van der Waals surface area contributed by atoms with Gasteiger partial charge in [0.05, 0.1) is 11.4 Å². The Kier molecular flexibility index (Phi) is 4.40. The summed E-state index contributed by atoms with van der Waals surface area (Å²) in [5, 5.41) is 12.6. The maximum absolute atomic E-state index is 4.63. The molecular weight excluding hydrogens is 346 g/mol. The van der Waals surface area contributed by atoms with Gasteiger partial charge in [-0.15, -0.1) is 11.3 Å². The molecule has 0 aliphatic rings. The van der Waals surface area contributed by atoms with E-state index in [9.17, 15) is 0 Å². The third kappa shape index (κ3) is 3.31. The van der Waals surface area contributed by atoms with Gasteiger partial charge in [-0.05, 0) is 37.4 Å². The molecule has 0 amide bonds. The van der Waals surface area contributed by atoms with E-state index >= 15 is 0 Å². The Morgan fingerprint density at radius 3 is 2.73 bits per heavy atom. The Bertz CT molecular complexity index is 1010. The van der Waals surface area contributed by atoms with Crippen molar-refractivity contribution in [3.63, 3.8) is 0 Å². The van der Waals surface area contributed by atoms with Crippen molar-refractivity contribution < 1.29 is 0 Å². The lowest BCUT2D eigenvalue weighted by Crippen LogP contribution is -2.08. The molecule has 0 saturated carbocycles. The molecule has 0 unspecified atom stereocenters. The van der Waals surface area contributed by atoms with E-state index in [0.29, 0.717) is 18.2 Å². The molecule has 0 spiro atoms. The zero-order valence-corrected chi connectivity index (χ0v) is 15.2. The van der Waals surface area contributed by atoms with E-state index in [1.807, 2.05) is 49.6 Å². The molecule has 0 bridgehead atoms. The van der Waals surface area contributed by atoms with Gasteiger partial charge in [-0.25, -0.2) is 15.0 Å². The van der Waals surface area contributed by atoms with Crippen molar-refractivity contribution in [3.8, 4) is 22.2 Å². The van der Waals surface area contributed by atoms with Gasteiger partial charge in [0, 0.05) is 17.5 Å². The van der Waals surface area contributed by atoms with E-state index in [4.69, 9.17) is 0 Å². The van der Waals surface area contributed by atoms with Gasteiger partial charge in [0.15, 0.2) is 11.6 Å². The van der Waals surface area contributed by atoms with E-state index in [1.165, 1.54) is 0 Å². The average molecular weight is 363 g/mol. The molecule has 4 aromatic rings. The standard InChI is InChI=1S/C18H17N7S/c1-11-12(2)21-17(13-6-3-4-8-19-13)23-16(11)20-10-15-22-18(25-24-15)14-7-5-9-26-14/h3-9H,10H2,1-2H3,(H,20,21,23)(H,22,24,25). The first-order chi connectivity index (χ1) is 12.7. The Balaban J connectivity index is 1.55. The number of pyridine rings is 1. The minimum Gasteiger partial charge on any atom is -0.362 e. The highest BCUT2D eigenvalue weighted by atomic mass is 32.1. The van der Waals surface area contributed by atoms with Crippen molar-refractivity contribution in [1.82, 2.24) is 30.1 Å². The summed E-state index contributed by atoms with van der Waals surface area (Å²) in [5.41, 5.74) is 2.67. The van der Waals surface area contributed by atoms with Crippen molar-refractivity contribution >= 4 is 17.2 Å². The Hall–Kier alpha value is -3.13. The van der Waals surface area contributed by atoms with Crippen LogP contribution in [-0.4, -0.2) is 30.1 Å². The molecule has 4 heterocycles. The fourth-order valence-corrected chi connectivity index (χ4v) is 3.13. The Labute approximate surface area is 154 Å². The Morgan fingerprint density at radius 2 is 1.96 bits per heavy atom. The van der Waals surface area contributed by atoms with E-state index in [2.05, 4.69) is 35.5 Å². The summed E-state index contributed by atoms with van der Waals surface area (Å²) in [5.74, 6) is 2.84. The van der Waals surface area contributed by atoms with Crippen LogP contribution >= 0.6 is 11.3 Å². The van der Waals surface area contributed by atoms with Crippen LogP contribution in [0.15, 0.2) is 41.9 Å². The highest BCUT2D eigenvalue weighted by Gasteiger charge is 2.12. The molecule has 8 heteroatoms. The Morgan fingerprint density at radius 1 is 1.04 bits per heavy atom. The van der Waals surface area contributed by atoms with Crippen molar-refractivity contribution in [1.29, 1.82) is 0 Å². The van der Waals surface area contributed by atoms with Crippen LogP contribution in [0.4, 0.5) is 5.82 Å². The average Bonchev–Trinajstić information content (AvgIpc) is 3.35. The van der Waals surface area contributed by atoms with Gasteiger partial charge < -0.3 is 5.32 Å². The van der Waals surface area contributed by atoms with Gasteiger partial charge in [0.25, 0.3) is 0 Å². The summed E-state index contributed by atoms with van der Waals surface area (Å²) in [6.45, 7) is 4.46. The van der Waals surface area contributed by atoms with Gasteiger partial charge in [-0.3, -0.25) is 10.1 Å². The van der Waals surface area contributed by atoms with Crippen molar-refractivity contribution in [2.75, 3.05) is 5.32 Å². The number of anilines is 1. The molecule has 0 saturated heterocycles. The molecule has 0 aliphatic heterocycles. The monoisotopic (exact) mass is 363 g/mol. The van der Waals surface area contributed by atoms with Crippen molar-refractivity contribution in [2.45, 2.75) is 20.4 Å². The number of aromatic amines is 1. The zero-order valence-electron chi connectivity index (χ0n) is 14.4. The highest BCUT2D eigenvalue weighted by Crippen LogP contribution is 2.22. The maximum atomic E-state index is 4.63. The molecule has 0 fully saturated rings. The molecule has 0 aromatic carbocycles. The van der Waals surface area contributed by atoms with Crippen LogP contribution < -0.4 is 5.32 Å². The predicted octanol–water partition coefficient (Wildman–Crippen LogP) is 3.61. The summed E-state index contributed by atoms with van der Waals surface area (Å²) < 4.78 is 0. The van der Waals surface area contributed by atoms with Crippen LogP contribution in [-0.2, 0) is 6.54 Å². The van der Waals surface area contributed by atoms with E-state index in [-0.39, 0.29) is 0 Å². The highest BCUT2D eigenvalue weighted by molar-refractivity contribution is 7.13. The molecule has 0 radical (unpaired) electrons. The third-order valence-electron chi connectivity index (χ3n) is 3.98. The van der Waals surface area contributed by atoms with Crippen molar-refractivity contribution in [3.05, 3.63) is 59.0 Å². The zero-order chi connectivity index (χ0) is 17.9. The van der Waals surface area contributed by atoms with Crippen LogP contribution in [0.25, 0.3) is 22.2 Å². The minimum absolute atomic E-state index is 0.497. The first-order valence-electron chi connectivity index (χ1n) is 8.16. The summed E-state index contributed by atoms with van der Waals surface area (Å²) in [6.07, 6.45) is 1.74. The molecule has 130 valence electrons. The second-order valence-electron chi connectivity index (χ2n) is 5.76. The number of H-pyrrole nitrogens is 1. The fourth-order valence-electron chi connectivity index (χ4n) is 2.47. The second-order valence-corrected chi connectivity index (χ2v) is 6.71. The summed E-state index contributed by atoms with van der Waals surface area (Å²) >= 11 is 1.61. The number of hydrogen-bond acceptors (Lipinski definition) is 7. The van der Waals surface area contributed by atoms with Gasteiger partial charge in [-0.1, -0.05) is 12.1 Å². The number of rotatable bonds is 5. The number of thiophene rings is 1. The van der Waals surface area contributed by atoms with Gasteiger partial charge in [0.1, 0.15) is 17.3 Å². The molecule has 4 aromatic heterocycles. The van der Waals surface area contributed by atoms with E-state index < -0.39 is 0 Å². The van der Waals surface area contributed by atoms with E-state index in [0.717, 1.165) is 33.5 Å². The molecule has 4 rings (SSSR count). The van der Waals surface area contributed by atoms with Crippen molar-refractivity contribution in [2.24, 2.45) is 0 Å². The number of nitrogens with zero attached hydrogens (tertiary/aromatic N) is 5. The molecule has 0 atom stereocenters. The van der Waals surface area contributed by atoms with Gasteiger partial charge in [-0.2, -0.15) is 5.10 Å².